The van der Waals surface area contributed by atoms with Crippen LogP contribution in [0.5, 0.6) is 0 Å². The normalized spacial score (nSPS) is 18.1. The van der Waals surface area contributed by atoms with Crippen molar-refractivity contribution in [1.29, 1.82) is 0 Å². The molecule has 18 heavy (non-hydrogen) atoms. The molecule has 0 aromatic carbocycles. The van der Waals surface area contributed by atoms with Gasteiger partial charge in [0, 0.05) is 32.7 Å². The summed E-state index contributed by atoms with van der Waals surface area (Å²) in [4.78, 5) is 16.0. The first kappa shape index (κ1) is 14.7. The van der Waals surface area contributed by atoms with Gasteiger partial charge in [0.1, 0.15) is 0 Å². The molecule has 1 rings (SSSR count). The molecule has 1 saturated heterocycles. The summed E-state index contributed by atoms with van der Waals surface area (Å²) in [5, 5.41) is 2.79. The molecule has 1 fully saturated rings. The quantitative estimate of drug-likeness (QED) is 0.563. The van der Waals surface area contributed by atoms with E-state index in [-0.39, 0.29) is 11.4 Å². The van der Waals surface area contributed by atoms with Crippen LogP contribution < -0.4 is 5.32 Å². The Kier molecular flexibility index (Phi) is 5.39. The molecule has 100 valence electrons. The Morgan fingerprint density at radius 1 is 1.44 bits per heavy atom. The molecule has 0 spiro atoms. The Labute approximate surface area is 110 Å². The van der Waals surface area contributed by atoms with Crippen molar-refractivity contribution < 1.29 is 4.79 Å². The van der Waals surface area contributed by atoms with E-state index in [4.69, 9.17) is 6.42 Å². The van der Waals surface area contributed by atoms with Gasteiger partial charge in [-0.05, 0) is 13.8 Å². The summed E-state index contributed by atoms with van der Waals surface area (Å²) < 4.78 is 0. The highest BCUT2D eigenvalue weighted by Gasteiger charge is 2.28. The van der Waals surface area contributed by atoms with Gasteiger partial charge in [-0.25, -0.2) is 0 Å². The van der Waals surface area contributed by atoms with E-state index in [2.05, 4.69) is 41.5 Å². The molecule has 0 atom stereocenters. The summed E-state index contributed by atoms with van der Waals surface area (Å²) in [5.74, 6) is 2.87. The van der Waals surface area contributed by atoms with Crippen LogP contribution in [0.1, 0.15) is 13.8 Å². The van der Waals surface area contributed by atoms with Crippen LogP contribution in [0.4, 0.5) is 0 Å². The van der Waals surface area contributed by atoms with E-state index >= 15 is 0 Å². The number of terminal acetylenes is 1. The fourth-order valence-electron chi connectivity index (χ4n) is 2.00. The Hall–Kier alpha value is -1.31. The number of hydrogen-bond donors (Lipinski definition) is 1. The van der Waals surface area contributed by atoms with Crippen molar-refractivity contribution in [3.8, 4) is 12.3 Å². The van der Waals surface area contributed by atoms with Crippen molar-refractivity contribution in [3.63, 3.8) is 0 Å². The molecular weight excluding hydrogens is 226 g/mol. The van der Waals surface area contributed by atoms with Gasteiger partial charge in [0.15, 0.2) is 0 Å². The third kappa shape index (κ3) is 4.17. The van der Waals surface area contributed by atoms with Gasteiger partial charge in [-0.3, -0.25) is 14.6 Å². The summed E-state index contributed by atoms with van der Waals surface area (Å²) in [6.07, 6.45) is 7.21. The number of nitrogens with zero attached hydrogens (tertiary/aromatic N) is 2. The molecule has 1 N–H and O–H groups in total. The lowest BCUT2D eigenvalue weighted by Gasteiger charge is -2.41. The topological polar surface area (TPSA) is 35.6 Å². The van der Waals surface area contributed by atoms with Gasteiger partial charge in [-0.1, -0.05) is 12.0 Å². The summed E-state index contributed by atoms with van der Waals surface area (Å²) in [5.41, 5.74) is -0.197. The molecule has 0 unspecified atom stereocenters. The second kappa shape index (κ2) is 6.58. The third-order valence-corrected chi connectivity index (χ3v) is 3.33. The minimum Gasteiger partial charge on any atom is -0.352 e. The fourth-order valence-corrected chi connectivity index (χ4v) is 2.00. The lowest BCUT2D eigenvalue weighted by molar-refractivity contribution is -0.122. The van der Waals surface area contributed by atoms with E-state index < -0.39 is 0 Å². The van der Waals surface area contributed by atoms with E-state index in [0.29, 0.717) is 13.1 Å². The molecule has 0 saturated carbocycles. The van der Waals surface area contributed by atoms with Crippen LogP contribution in [-0.2, 0) is 4.79 Å². The number of rotatable bonds is 5. The lowest BCUT2D eigenvalue weighted by Crippen LogP contribution is -2.55. The second-order valence-electron chi connectivity index (χ2n) is 5.06. The van der Waals surface area contributed by atoms with Crippen molar-refractivity contribution in [3.05, 3.63) is 12.7 Å². The second-order valence-corrected chi connectivity index (χ2v) is 5.06. The van der Waals surface area contributed by atoms with E-state index in [1.807, 2.05) is 0 Å². The minimum atomic E-state index is -0.197. The van der Waals surface area contributed by atoms with Crippen LogP contribution in [-0.4, -0.2) is 60.5 Å². The van der Waals surface area contributed by atoms with Gasteiger partial charge < -0.3 is 5.32 Å². The first-order chi connectivity index (χ1) is 8.49. The molecule has 0 bridgehead atoms. The van der Waals surface area contributed by atoms with Gasteiger partial charge in [0.05, 0.1) is 12.1 Å². The van der Waals surface area contributed by atoms with Gasteiger partial charge >= 0.3 is 0 Å². The standard InChI is InChI=1S/C14H23N3O/c1-5-7-15-13(18)12-16-8-10-17(11-9-16)14(3,4)6-2/h2,5H,1,7-12H2,3-4H3,(H,15,18). The van der Waals surface area contributed by atoms with Crippen molar-refractivity contribution in [2.75, 3.05) is 39.3 Å². The summed E-state index contributed by atoms with van der Waals surface area (Å²) in [7, 11) is 0. The molecule has 4 heteroatoms. The van der Waals surface area contributed by atoms with Crippen molar-refractivity contribution in [2.45, 2.75) is 19.4 Å². The van der Waals surface area contributed by atoms with E-state index in [0.717, 1.165) is 26.2 Å². The van der Waals surface area contributed by atoms with Gasteiger partial charge in [0.25, 0.3) is 0 Å². The third-order valence-electron chi connectivity index (χ3n) is 3.33. The monoisotopic (exact) mass is 249 g/mol. The largest absolute Gasteiger partial charge is 0.352 e. The van der Waals surface area contributed by atoms with Crippen LogP contribution in [0, 0.1) is 12.3 Å². The highest BCUT2D eigenvalue weighted by molar-refractivity contribution is 5.78. The first-order valence-corrected chi connectivity index (χ1v) is 6.32. The molecule has 0 aliphatic carbocycles. The van der Waals surface area contributed by atoms with E-state index in [9.17, 15) is 4.79 Å². The van der Waals surface area contributed by atoms with Gasteiger partial charge in [-0.15, -0.1) is 13.0 Å². The van der Waals surface area contributed by atoms with Crippen LogP contribution in [0.3, 0.4) is 0 Å². The number of hydrogen-bond acceptors (Lipinski definition) is 3. The van der Waals surface area contributed by atoms with Crippen molar-refractivity contribution in [2.24, 2.45) is 0 Å². The zero-order valence-electron chi connectivity index (χ0n) is 11.4. The van der Waals surface area contributed by atoms with Crippen molar-refractivity contribution in [1.82, 2.24) is 15.1 Å². The SMILES string of the molecule is C#CC(C)(C)N1CCN(CC(=O)NCC=C)CC1. The van der Waals surface area contributed by atoms with E-state index in [1.165, 1.54) is 0 Å². The molecule has 1 amide bonds. The van der Waals surface area contributed by atoms with Crippen LogP contribution in [0.2, 0.25) is 0 Å². The average Bonchev–Trinajstić information content (AvgIpc) is 2.37. The fraction of sp³-hybridized carbons (Fsp3) is 0.643. The van der Waals surface area contributed by atoms with Gasteiger partial charge in [-0.2, -0.15) is 0 Å². The van der Waals surface area contributed by atoms with Gasteiger partial charge in [0.2, 0.25) is 5.91 Å². The highest BCUT2D eigenvalue weighted by Crippen LogP contribution is 2.15. The number of amides is 1. The maximum Gasteiger partial charge on any atom is 0.234 e. The molecule has 1 aliphatic heterocycles. The number of piperazine rings is 1. The average molecular weight is 249 g/mol. The Morgan fingerprint density at radius 3 is 2.56 bits per heavy atom. The molecule has 1 heterocycles. The minimum absolute atomic E-state index is 0.0551. The molecular formula is C14H23N3O. The molecule has 4 nitrogen and oxygen atoms in total. The highest BCUT2D eigenvalue weighted by atomic mass is 16.2. The summed E-state index contributed by atoms with van der Waals surface area (Å²) >= 11 is 0. The first-order valence-electron chi connectivity index (χ1n) is 6.32. The molecule has 0 aromatic heterocycles. The smallest absolute Gasteiger partial charge is 0.234 e. The number of nitrogens with one attached hydrogen (secondary N) is 1. The predicted octanol–water partition coefficient (Wildman–Crippen LogP) is 0.318. The predicted molar refractivity (Wildman–Crippen MR) is 74.1 cm³/mol. The number of carbonyl (C=O) groups excluding carboxylic acids is 1. The zero-order valence-corrected chi connectivity index (χ0v) is 11.4. The molecule has 1 aliphatic rings. The van der Waals surface area contributed by atoms with Crippen LogP contribution >= 0.6 is 0 Å². The Balaban J connectivity index is 2.34. The summed E-state index contributed by atoms with van der Waals surface area (Å²) in [6, 6.07) is 0. The number of carbonyl (C=O) groups is 1. The van der Waals surface area contributed by atoms with Crippen LogP contribution in [0.15, 0.2) is 12.7 Å². The zero-order chi connectivity index (χ0) is 13.6. The molecule has 0 radical (unpaired) electrons. The lowest BCUT2D eigenvalue weighted by atomic mass is 10.0. The maximum absolute atomic E-state index is 11.6. The Bertz CT molecular complexity index is 335. The summed E-state index contributed by atoms with van der Waals surface area (Å²) in [6.45, 7) is 12.2. The van der Waals surface area contributed by atoms with Crippen molar-refractivity contribution >= 4 is 5.91 Å². The van der Waals surface area contributed by atoms with E-state index in [1.54, 1.807) is 6.08 Å². The Morgan fingerprint density at radius 2 is 2.06 bits per heavy atom. The molecule has 0 aromatic rings. The van der Waals surface area contributed by atoms with Crippen LogP contribution in [0.25, 0.3) is 0 Å². The maximum atomic E-state index is 11.6.